The van der Waals surface area contributed by atoms with E-state index in [9.17, 15) is 18.0 Å². The van der Waals surface area contributed by atoms with E-state index in [1.54, 1.807) is 24.3 Å². The number of nitrogens with one attached hydrogen (secondary N) is 1. The molecular formula is C29H33Cl2N3O4S. The topological polar surface area (TPSA) is 86.8 Å². The molecule has 39 heavy (non-hydrogen) atoms. The number of hydrogen-bond donors (Lipinski definition) is 1. The lowest BCUT2D eigenvalue weighted by Crippen LogP contribution is -2.52. The fourth-order valence-electron chi connectivity index (χ4n) is 4.10. The van der Waals surface area contributed by atoms with Gasteiger partial charge >= 0.3 is 0 Å². The Morgan fingerprint density at radius 3 is 2.21 bits per heavy atom. The van der Waals surface area contributed by atoms with Gasteiger partial charge in [-0.1, -0.05) is 91.1 Å². The highest BCUT2D eigenvalue weighted by molar-refractivity contribution is 7.92. The van der Waals surface area contributed by atoms with E-state index in [2.05, 4.69) is 5.32 Å². The smallest absolute Gasteiger partial charge is 0.264 e. The zero-order valence-corrected chi connectivity index (χ0v) is 24.6. The number of hydrogen-bond acceptors (Lipinski definition) is 4. The van der Waals surface area contributed by atoms with Crippen molar-refractivity contribution >= 4 is 50.7 Å². The zero-order valence-electron chi connectivity index (χ0n) is 22.2. The van der Waals surface area contributed by atoms with E-state index in [1.165, 1.54) is 23.1 Å². The Labute approximate surface area is 240 Å². The van der Waals surface area contributed by atoms with Crippen molar-refractivity contribution in [2.24, 2.45) is 0 Å². The van der Waals surface area contributed by atoms with E-state index >= 15 is 0 Å². The summed E-state index contributed by atoms with van der Waals surface area (Å²) in [5, 5.41) is 3.02. The molecule has 3 aromatic carbocycles. The Morgan fingerprint density at radius 1 is 0.923 bits per heavy atom. The van der Waals surface area contributed by atoms with Gasteiger partial charge in [-0.2, -0.15) is 0 Å². The van der Waals surface area contributed by atoms with Crippen LogP contribution in [0.15, 0.2) is 77.7 Å². The second-order valence-corrected chi connectivity index (χ2v) is 11.8. The SMILES string of the molecule is CCCNC(=O)[C@@H](CC)N(Cc1ccccc1)C(=O)CN(c1cccc(Cl)c1Cl)S(=O)(=O)c1ccc(C)cc1. The van der Waals surface area contributed by atoms with Gasteiger partial charge in [0.25, 0.3) is 10.0 Å². The van der Waals surface area contributed by atoms with E-state index in [0.29, 0.717) is 13.0 Å². The molecule has 208 valence electrons. The molecule has 1 atom stereocenters. The number of carbonyl (C=O) groups is 2. The van der Waals surface area contributed by atoms with Crippen molar-refractivity contribution in [2.75, 3.05) is 17.4 Å². The van der Waals surface area contributed by atoms with Crippen LogP contribution in [0.25, 0.3) is 0 Å². The van der Waals surface area contributed by atoms with Crippen LogP contribution < -0.4 is 9.62 Å². The number of benzene rings is 3. The number of nitrogens with zero attached hydrogens (tertiary/aromatic N) is 2. The van der Waals surface area contributed by atoms with E-state index in [0.717, 1.165) is 21.9 Å². The molecule has 3 aromatic rings. The summed E-state index contributed by atoms with van der Waals surface area (Å²) in [5.74, 6) is -0.846. The lowest BCUT2D eigenvalue weighted by atomic mass is 10.1. The van der Waals surface area contributed by atoms with Crippen LogP contribution >= 0.6 is 23.2 Å². The molecule has 0 aliphatic carbocycles. The average molecular weight is 591 g/mol. The Balaban J connectivity index is 2.08. The summed E-state index contributed by atoms with van der Waals surface area (Å²) in [6, 6.07) is 19.4. The molecule has 2 amide bonds. The molecule has 0 saturated carbocycles. The standard InChI is InChI=1S/C29H33Cl2N3O4S/c1-4-18-32-29(36)25(5-2)33(19-22-10-7-6-8-11-22)27(35)20-34(26-13-9-12-24(30)28(26)31)39(37,38)23-16-14-21(3)15-17-23/h6-17,25H,4-5,18-20H2,1-3H3,(H,32,36)/t25-/m1/s1. The quantitative estimate of drug-likeness (QED) is 0.288. The molecule has 0 saturated heterocycles. The van der Waals surface area contributed by atoms with Crippen molar-refractivity contribution in [3.63, 3.8) is 0 Å². The van der Waals surface area contributed by atoms with Gasteiger partial charge < -0.3 is 10.2 Å². The molecule has 0 bridgehead atoms. The first-order valence-electron chi connectivity index (χ1n) is 12.7. The lowest BCUT2D eigenvalue weighted by molar-refractivity contribution is -0.140. The number of rotatable bonds is 12. The van der Waals surface area contributed by atoms with Crippen molar-refractivity contribution in [3.05, 3.63) is 94.0 Å². The molecule has 3 rings (SSSR count). The van der Waals surface area contributed by atoms with Gasteiger partial charge in [-0.3, -0.25) is 13.9 Å². The van der Waals surface area contributed by atoms with Gasteiger partial charge in [0.05, 0.1) is 20.6 Å². The van der Waals surface area contributed by atoms with Gasteiger partial charge in [0.2, 0.25) is 11.8 Å². The third-order valence-corrected chi connectivity index (χ3v) is 8.80. The van der Waals surface area contributed by atoms with Crippen molar-refractivity contribution in [3.8, 4) is 0 Å². The summed E-state index contributed by atoms with van der Waals surface area (Å²) in [5.41, 5.74) is 1.76. The maximum atomic E-state index is 14.0. The van der Waals surface area contributed by atoms with Gasteiger partial charge in [-0.05, 0) is 49.6 Å². The largest absolute Gasteiger partial charge is 0.354 e. The molecule has 7 nitrogen and oxygen atoms in total. The van der Waals surface area contributed by atoms with E-state index in [1.807, 2.05) is 51.1 Å². The molecule has 0 heterocycles. The molecule has 0 aliphatic heterocycles. The Kier molecular flexibility index (Phi) is 10.8. The van der Waals surface area contributed by atoms with E-state index in [-0.39, 0.29) is 33.1 Å². The van der Waals surface area contributed by atoms with Crippen molar-refractivity contribution < 1.29 is 18.0 Å². The molecule has 0 spiro atoms. The van der Waals surface area contributed by atoms with Crippen LogP contribution in [0.3, 0.4) is 0 Å². The first-order valence-corrected chi connectivity index (χ1v) is 14.9. The molecule has 0 radical (unpaired) electrons. The van der Waals surface area contributed by atoms with Gasteiger partial charge in [0.15, 0.2) is 0 Å². The summed E-state index contributed by atoms with van der Waals surface area (Å²) < 4.78 is 28.8. The fourth-order valence-corrected chi connectivity index (χ4v) is 5.98. The van der Waals surface area contributed by atoms with E-state index in [4.69, 9.17) is 23.2 Å². The second kappa shape index (κ2) is 13.8. The summed E-state index contributed by atoms with van der Waals surface area (Å²) in [6.45, 7) is 5.61. The van der Waals surface area contributed by atoms with Crippen molar-refractivity contribution in [2.45, 2.75) is 51.1 Å². The number of sulfonamides is 1. The Hall–Kier alpha value is -3.07. The lowest BCUT2D eigenvalue weighted by Gasteiger charge is -2.33. The third-order valence-electron chi connectivity index (χ3n) is 6.22. The van der Waals surface area contributed by atoms with Crippen LogP contribution in [0.1, 0.15) is 37.8 Å². The van der Waals surface area contributed by atoms with Gasteiger partial charge in [0, 0.05) is 13.1 Å². The van der Waals surface area contributed by atoms with Crippen molar-refractivity contribution in [1.82, 2.24) is 10.2 Å². The summed E-state index contributed by atoms with van der Waals surface area (Å²) >= 11 is 12.7. The number of carbonyl (C=O) groups excluding carboxylic acids is 2. The number of amides is 2. The normalized spacial score (nSPS) is 12.0. The number of anilines is 1. The Bertz CT molecular complexity index is 1380. The molecule has 10 heteroatoms. The van der Waals surface area contributed by atoms with Crippen LogP contribution in [0, 0.1) is 6.92 Å². The molecule has 0 unspecified atom stereocenters. The number of halogens is 2. The first kappa shape index (κ1) is 30.5. The van der Waals surface area contributed by atoms with Crippen LogP contribution in [-0.2, 0) is 26.2 Å². The molecule has 0 aromatic heterocycles. The predicted molar refractivity (Wildman–Crippen MR) is 157 cm³/mol. The predicted octanol–water partition coefficient (Wildman–Crippen LogP) is 5.83. The summed E-state index contributed by atoms with van der Waals surface area (Å²) in [6.07, 6.45) is 1.08. The van der Waals surface area contributed by atoms with Gasteiger partial charge in [-0.25, -0.2) is 8.42 Å². The maximum absolute atomic E-state index is 14.0. The van der Waals surface area contributed by atoms with Gasteiger partial charge in [-0.15, -0.1) is 0 Å². The maximum Gasteiger partial charge on any atom is 0.264 e. The van der Waals surface area contributed by atoms with Crippen LogP contribution in [0.2, 0.25) is 10.0 Å². The zero-order chi connectivity index (χ0) is 28.6. The highest BCUT2D eigenvalue weighted by Gasteiger charge is 2.34. The minimum absolute atomic E-state index is 0.000665. The minimum Gasteiger partial charge on any atom is -0.354 e. The van der Waals surface area contributed by atoms with Crippen LogP contribution in [-0.4, -0.2) is 44.3 Å². The molecular weight excluding hydrogens is 557 g/mol. The Morgan fingerprint density at radius 2 is 1.59 bits per heavy atom. The minimum atomic E-state index is -4.24. The molecule has 1 N–H and O–H groups in total. The van der Waals surface area contributed by atoms with Crippen LogP contribution in [0.5, 0.6) is 0 Å². The second-order valence-electron chi connectivity index (χ2n) is 9.12. The van der Waals surface area contributed by atoms with Crippen LogP contribution in [0.4, 0.5) is 5.69 Å². The highest BCUT2D eigenvalue weighted by Crippen LogP contribution is 2.35. The molecule has 0 fully saturated rings. The average Bonchev–Trinajstić information content (AvgIpc) is 2.92. The fraction of sp³-hybridized carbons (Fsp3) is 0.310. The van der Waals surface area contributed by atoms with E-state index < -0.39 is 28.5 Å². The number of aryl methyl sites for hydroxylation is 1. The third kappa shape index (κ3) is 7.53. The first-order chi connectivity index (χ1) is 18.6. The van der Waals surface area contributed by atoms with Crippen molar-refractivity contribution in [1.29, 1.82) is 0 Å². The summed E-state index contributed by atoms with van der Waals surface area (Å²) in [7, 11) is -4.24. The summed E-state index contributed by atoms with van der Waals surface area (Å²) in [4.78, 5) is 28.5. The molecule has 0 aliphatic rings. The monoisotopic (exact) mass is 589 g/mol. The van der Waals surface area contributed by atoms with Gasteiger partial charge in [0.1, 0.15) is 12.6 Å². The highest BCUT2D eigenvalue weighted by atomic mass is 35.5.